The molecule has 8 nitrogen and oxygen atoms in total. The van der Waals surface area contributed by atoms with Crippen LogP contribution in [0.4, 0.5) is 0 Å². The van der Waals surface area contributed by atoms with Gasteiger partial charge in [0, 0.05) is 4.88 Å². The molecule has 0 fully saturated rings. The predicted molar refractivity (Wildman–Crippen MR) is 94.8 cm³/mol. The summed E-state index contributed by atoms with van der Waals surface area (Å²) >= 11 is 2.52. The number of aromatic amines is 1. The van der Waals surface area contributed by atoms with Crippen molar-refractivity contribution in [2.45, 2.75) is 19.0 Å². The van der Waals surface area contributed by atoms with Gasteiger partial charge in [0.05, 0.1) is 17.4 Å². The van der Waals surface area contributed by atoms with Crippen molar-refractivity contribution in [3.8, 4) is 0 Å². The summed E-state index contributed by atoms with van der Waals surface area (Å²) < 4.78 is 4.91. The van der Waals surface area contributed by atoms with Crippen LogP contribution in [0.25, 0.3) is 10.2 Å². The largest absolute Gasteiger partial charge is 0.459 e. The molecule has 0 aliphatic carbocycles. The normalized spacial score (nSPS) is 10.8. The quantitative estimate of drug-likeness (QED) is 0.362. The second-order valence-corrected chi connectivity index (χ2v) is 7.27. The zero-order valence-corrected chi connectivity index (χ0v) is 15.0. The lowest BCUT2D eigenvalue weighted by molar-refractivity contribution is -0.119. The maximum Gasteiger partial charge on any atom is 0.305 e. The van der Waals surface area contributed by atoms with Crippen molar-refractivity contribution in [3.63, 3.8) is 0 Å². The Hall–Kier alpha value is -2.59. The Morgan fingerprint density at radius 1 is 1.36 bits per heavy atom. The number of hydrogen-bond donors (Lipinski definition) is 3. The monoisotopic (exact) mass is 378 g/mol. The van der Waals surface area contributed by atoms with E-state index in [2.05, 4.69) is 20.8 Å². The van der Waals surface area contributed by atoms with Gasteiger partial charge < -0.3 is 9.40 Å². The fourth-order valence-corrected chi connectivity index (χ4v) is 3.82. The van der Waals surface area contributed by atoms with E-state index in [0.717, 1.165) is 22.2 Å². The summed E-state index contributed by atoms with van der Waals surface area (Å²) in [6, 6.07) is 3.05. The molecular formula is C15H14N4O4S2. The number of fused-ring (bicyclic) bond motifs is 1. The molecule has 0 unspecified atom stereocenters. The van der Waals surface area contributed by atoms with Crippen LogP contribution < -0.4 is 16.4 Å². The number of aromatic nitrogens is 2. The van der Waals surface area contributed by atoms with E-state index in [1.165, 1.54) is 23.7 Å². The minimum absolute atomic E-state index is 0.0176. The third kappa shape index (κ3) is 3.74. The molecule has 3 N–H and O–H groups in total. The van der Waals surface area contributed by atoms with Gasteiger partial charge >= 0.3 is 5.91 Å². The first kappa shape index (κ1) is 17.2. The van der Waals surface area contributed by atoms with Gasteiger partial charge in [0.2, 0.25) is 5.91 Å². The first-order chi connectivity index (χ1) is 12.0. The third-order valence-corrected chi connectivity index (χ3v) is 5.39. The van der Waals surface area contributed by atoms with Crippen molar-refractivity contribution in [2.24, 2.45) is 0 Å². The average Bonchev–Trinajstić information content (AvgIpc) is 3.20. The maximum atomic E-state index is 12.2. The molecule has 3 aromatic rings. The number of carbonyl (C=O) groups is 2. The number of amides is 2. The Morgan fingerprint density at radius 2 is 2.16 bits per heavy atom. The van der Waals surface area contributed by atoms with E-state index in [1.807, 2.05) is 13.8 Å². The molecule has 3 aromatic heterocycles. The molecule has 0 saturated carbocycles. The Kier molecular flexibility index (Phi) is 4.91. The molecule has 0 saturated heterocycles. The van der Waals surface area contributed by atoms with Crippen molar-refractivity contribution in [2.75, 3.05) is 5.75 Å². The highest BCUT2D eigenvalue weighted by atomic mass is 32.2. The van der Waals surface area contributed by atoms with Gasteiger partial charge in [0.25, 0.3) is 5.56 Å². The summed E-state index contributed by atoms with van der Waals surface area (Å²) in [4.78, 5) is 44.3. The van der Waals surface area contributed by atoms with Crippen molar-refractivity contribution in [3.05, 3.63) is 45.0 Å². The highest BCUT2D eigenvalue weighted by Gasteiger charge is 2.14. The lowest BCUT2D eigenvalue weighted by Gasteiger charge is -2.05. The topological polar surface area (TPSA) is 117 Å². The number of carbonyl (C=O) groups excluding carboxylic acids is 2. The van der Waals surface area contributed by atoms with Gasteiger partial charge in [-0.15, -0.1) is 11.3 Å². The van der Waals surface area contributed by atoms with E-state index in [1.54, 1.807) is 6.07 Å². The van der Waals surface area contributed by atoms with Gasteiger partial charge in [0.15, 0.2) is 10.9 Å². The number of rotatable bonds is 4. The summed E-state index contributed by atoms with van der Waals surface area (Å²) in [5.41, 5.74) is 5.21. The number of nitrogens with zero attached hydrogens (tertiary/aromatic N) is 1. The zero-order valence-electron chi connectivity index (χ0n) is 13.3. The predicted octanol–water partition coefficient (Wildman–Crippen LogP) is 1.75. The average molecular weight is 378 g/mol. The second-order valence-electron chi connectivity index (χ2n) is 5.10. The van der Waals surface area contributed by atoms with Crippen LogP contribution in [0.15, 0.2) is 32.8 Å². The Balaban J connectivity index is 1.60. The van der Waals surface area contributed by atoms with Crippen molar-refractivity contribution < 1.29 is 14.0 Å². The number of H-pyrrole nitrogens is 1. The minimum atomic E-state index is -0.555. The van der Waals surface area contributed by atoms with Crippen LogP contribution in [-0.2, 0) is 4.79 Å². The maximum absolute atomic E-state index is 12.2. The molecule has 3 heterocycles. The Labute approximate surface area is 150 Å². The van der Waals surface area contributed by atoms with Crippen LogP contribution in [0.2, 0.25) is 0 Å². The fourth-order valence-electron chi connectivity index (χ4n) is 2.07. The fraction of sp³-hybridized carbons (Fsp3) is 0.200. The molecular weight excluding hydrogens is 364 g/mol. The number of thioether (sulfide) groups is 1. The number of hydrazine groups is 1. The molecule has 10 heteroatoms. The third-order valence-electron chi connectivity index (χ3n) is 3.42. The van der Waals surface area contributed by atoms with E-state index >= 15 is 0 Å². The van der Waals surface area contributed by atoms with Crippen LogP contribution in [0.5, 0.6) is 0 Å². The molecule has 25 heavy (non-hydrogen) atoms. The summed E-state index contributed by atoms with van der Waals surface area (Å²) in [6.45, 7) is 3.82. The van der Waals surface area contributed by atoms with Gasteiger partial charge in [-0.1, -0.05) is 11.8 Å². The number of nitrogens with one attached hydrogen (secondary N) is 3. The summed E-state index contributed by atoms with van der Waals surface area (Å²) in [5, 5.41) is 0.938. The number of hydrogen-bond acceptors (Lipinski definition) is 7. The molecule has 0 aromatic carbocycles. The Bertz CT molecular complexity index is 991. The molecule has 2 amide bonds. The molecule has 0 radical (unpaired) electrons. The van der Waals surface area contributed by atoms with E-state index in [4.69, 9.17) is 4.42 Å². The summed E-state index contributed by atoms with van der Waals surface area (Å²) in [7, 11) is 0. The highest BCUT2D eigenvalue weighted by molar-refractivity contribution is 7.99. The van der Waals surface area contributed by atoms with Crippen LogP contribution >= 0.6 is 23.1 Å². The molecule has 0 atom stereocenters. The molecule has 0 aliphatic heterocycles. The number of aryl methyl sites for hydroxylation is 2. The molecule has 3 rings (SSSR count). The summed E-state index contributed by atoms with van der Waals surface area (Å²) in [6.07, 6.45) is 1.36. The van der Waals surface area contributed by atoms with Crippen LogP contribution in [0, 0.1) is 13.8 Å². The SMILES string of the molecule is Cc1sc2nc(SCC(=O)NNC(=O)c3ccco3)[nH]c(=O)c2c1C. The molecule has 0 spiro atoms. The minimum Gasteiger partial charge on any atom is -0.459 e. The molecule has 130 valence electrons. The van der Waals surface area contributed by atoms with E-state index in [0.29, 0.717) is 15.4 Å². The first-order valence-corrected chi connectivity index (χ1v) is 9.01. The standard InChI is InChI=1S/C15H14N4O4S2/c1-7-8(2)25-14-11(7)13(22)16-15(17-14)24-6-10(20)18-19-12(21)9-4-3-5-23-9/h3-5H,6H2,1-2H3,(H,18,20)(H,19,21)(H,16,17,22). The number of furan rings is 1. The van der Waals surface area contributed by atoms with Gasteiger partial charge in [-0.05, 0) is 31.5 Å². The highest BCUT2D eigenvalue weighted by Crippen LogP contribution is 2.27. The van der Waals surface area contributed by atoms with Crippen LogP contribution in [0.1, 0.15) is 21.0 Å². The van der Waals surface area contributed by atoms with Crippen molar-refractivity contribution in [1.29, 1.82) is 0 Å². The van der Waals surface area contributed by atoms with Crippen LogP contribution in [-0.4, -0.2) is 27.5 Å². The Morgan fingerprint density at radius 3 is 2.88 bits per heavy atom. The molecule has 0 bridgehead atoms. The lowest BCUT2D eigenvalue weighted by Crippen LogP contribution is -2.42. The van der Waals surface area contributed by atoms with Crippen molar-refractivity contribution >= 4 is 45.1 Å². The van der Waals surface area contributed by atoms with Gasteiger partial charge in [-0.2, -0.15) is 0 Å². The van der Waals surface area contributed by atoms with Gasteiger partial charge in [-0.25, -0.2) is 4.98 Å². The zero-order chi connectivity index (χ0) is 18.0. The van der Waals surface area contributed by atoms with E-state index in [-0.39, 0.29) is 17.1 Å². The van der Waals surface area contributed by atoms with Crippen LogP contribution in [0.3, 0.4) is 0 Å². The van der Waals surface area contributed by atoms with Crippen molar-refractivity contribution in [1.82, 2.24) is 20.8 Å². The second kappa shape index (κ2) is 7.11. The van der Waals surface area contributed by atoms with E-state index < -0.39 is 11.8 Å². The van der Waals surface area contributed by atoms with Gasteiger partial charge in [0.1, 0.15) is 4.83 Å². The van der Waals surface area contributed by atoms with Gasteiger partial charge in [-0.3, -0.25) is 25.2 Å². The number of thiophene rings is 1. The lowest BCUT2D eigenvalue weighted by atomic mass is 10.2. The first-order valence-electron chi connectivity index (χ1n) is 7.21. The van der Waals surface area contributed by atoms with E-state index in [9.17, 15) is 14.4 Å². The summed E-state index contributed by atoms with van der Waals surface area (Å²) in [5.74, 6) is -0.921. The smallest absolute Gasteiger partial charge is 0.305 e. The molecule has 0 aliphatic rings.